The maximum atomic E-state index is 12.5. The third-order valence-electron chi connectivity index (χ3n) is 3.79. The van der Waals surface area contributed by atoms with Gasteiger partial charge < -0.3 is 4.52 Å². The van der Waals surface area contributed by atoms with Crippen molar-refractivity contribution in [1.82, 2.24) is 24.4 Å². The molecule has 1 fully saturated rings. The molecular formula is C15H13N5O3S. The molecule has 4 rings (SSSR count). The summed E-state index contributed by atoms with van der Waals surface area (Å²) in [4.78, 5) is 12.7. The second kappa shape index (κ2) is 5.77. The first kappa shape index (κ1) is 14.9. The molecule has 3 aromatic rings. The first-order chi connectivity index (χ1) is 11.6. The lowest BCUT2D eigenvalue weighted by molar-refractivity contribution is 0.217. The van der Waals surface area contributed by atoms with E-state index in [4.69, 9.17) is 4.52 Å². The van der Waals surface area contributed by atoms with Gasteiger partial charge in [-0.15, -0.1) is 0 Å². The summed E-state index contributed by atoms with van der Waals surface area (Å²) in [5.41, 5.74) is 0. The van der Waals surface area contributed by atoms with Crippen molar-refractivity contribution in [3.8, 4) is 11.6 Å². The number of aromatic nitrogens is 4. The summed E-state index contributed by atoms with van der Waals surface area (Å²) < 4.78 is 31.5. The molecule has 1 aromatic carbocycles. The second-order valence-corrected chi connectivity index (χ2v) is 7.30. The smallest absolute Gasteiger partial charge is 0.243 e. The Morgan fingerprint density at radius 2 is 1.71 bits per heavy atom. The molecule has 9 heteroatoms. The van der Waals surface area contributed by atoms with Crippen LogP contribution in [0.1, 0.15) is 11.8 Å². The average molecular weight is 343 g/mol. The Kier molecular flexibility index (Phi) is 3.58. The molecular weight excluding hydrogens is 330 g/mol. The van der Waals surface area contributed by atoms with Crippen molar-refractivity contribution >= 4 is 10.0 Å². The first-order valence-electron chi connectivity index (χ1n) is 7.31. The zero-order valence-corrected chi connectivity index (χ0v) is 13.3. The van der Waals surface area contributed by atoms with Gasteiger partial charge in [-0.25, -0.2) is 18.4 Å². The van der Waals surface area contributed by atoms with E-state index >= 15 is 0 Å². The van der Waals surface area contributed by atoms with Crippen LogP contribution in [0.2, 0.25) is 0 Å². The van der Waals surface area contributed by atoms with Crippen molar-refractivity contribution in [2.45, 2.75) is 10.8 Å². The Balaban J connectivity index is 1.48. The van der Waals surface area contributed by atoms with Gasteiger partial charge >= 0.3 is 0 Å². The Labute approximate surface area is 138 Å². The molecule has 3 heterocycles. The Hall–Kier alpha value is -2.65. The summed E-state index contributed by atoms with van der Waals surface area (Å²) in [5.74, 6) is 0.959. The van der Waals surface area contributed by atoms with Gasteiger partial charge in [0.25, 0.3) is 0 Å². The van der Waals surface area contributed by atoms with E-state index in [2.05, 4.69) is 20.1 Å². The Bertz CT molecular complexity index is 938. The van der Waals surface area contributed by atoms with Gasteiger partial charge in [0.1, 0.15) is 0 Å². The van der Waals surface area contributed by atoms with Crippen LogP contribution in [0.3, 0.4) is 0 Å². The molecule has 0 atom stereocenters. The molecule has 0 amide bonds. The minimum Gasteiger partial charge on any atom is -0.338 e. The molecule has 1 aliphatic heterocycles. The normalized spacial score (nSPS) is 16.0. The van der Waals surface area contributed by atoms with Gasteiger partial charge in [0.2, 0.25) is 27.6 Å². The monoisotopic (exact) mass is 343 g/mol. The van der Waals surface area contributed by atoms with Crippen LogP contribution in [-0.4, -0.2) is 45.9 Å². The molecule has 0 unspecified atom stereocenters. The third kappa shape index (κ3) is 2.57. The van der Waals surface area contributed by atoms with Gasteiger partial charge in [0.15, 0.2) is 0 Å². The van der Waals surface area contributed by atoms with Gasteiger partial charge in [0.05, 0.1) is 10.8 Å². The summed E-state index contributed by atoms with van der Waals surface area (Å²) in [6.45, 7) is 0.628. The molecule has 8 nitrogen and oxygen atoms in total. The summed E-state index contributed by atoms with van der Waals surface area (Å²) in [5, 5.41) is 3.86. The fourth-order valence-corrected chi connectivity index (χ4v) is 3.99. The van der Waals surface area contributed by atoms with Gasteiger partial charge in [-0.05, 0) is 18.2 Å². The van der Waals surface area contributed by atoms with Gasteiger partial charge in [0, 0.05) is 25.5 Å². The van der Waals surface area contributed by atoms with Gasteiger partial charge in [-0.1, -0.05) is 23.4 Å². The molecule has 122 valence electrons. The Morgan fingerprint density at radius 3 is 2.42 bits per heavy atom. The number of nitrogens with zero attached hydrogens (tertiary/aromatic N) is 5. The molecule has 0 bridgehead atoms. The molecule has 0 spiro atoms. The Morgan fingerprint density at radius 1 is 1.00 bits per heavy atom. The standard InChI is InChI=1S/C15H13N5O3S/c21-24(22,12-5-2-1-3-6-12)20-9-11(10-20)15-18-14(19-23-15)13-16-7-4-8-17-13/h1-8,11H,9-10H2. The number of hydrogen-bond donors (Lipinski definition) is 0. The van der Waals surface area contributed by atoms with Crippen LogP contribution >= 0.6 is 0 Å². The summed E-state index contributed by atoms with van der Waals surface area (Å²) in [6, 6.07) is 10.1. The molecule has 24 heavy (non-hydrogen) atoms. The predicted octanol–water partition coefficient (Wildman–Crippen LogP) is 1.31. The van der Waals surface area contributed by atoms with E-state index in [1.807, 2.05) is 0 Å². The van der Waals surface area contributed by atoms with Crippen LogP contribution < -0.4 is 0 Å². The zero-order valence-electron chi connectivity index (χ0n) is 12.5. The molecule has 0 aliphatic carbocycles. The van der Waals surface area contributed by atoms with Crippen LogP contribution in [0.4, 0.5) is 0 Å². The fraction of sp³-hybridized carbons (Fsp3) is 0.200. The van der Waals surface area contributed by atoms with E-state index < -0.39 is 10.0 Å². The number of rotatable bonds is 4. The van der Waals surface area contributed by atoms with Crippen LogP contribution in [0.5, 0.6) is 0 Å². The van der Waals surface area contributed by atoms with Crippen molar-refractivity contribution in [3.05, 3.63) is 54.7 Å². The maximum Gasteiger partial charge on any atom is 0.243 e. The highest BCUT2D eigenvalue weighted by Crippen LogP contribution is 2.31. The molecule has 0 radical (unpaired) electrons. The lowest BCUT2D eigenvalue weighted by Gasteiger charge is -2.35. The number of sulfonamides is 1. The summed E-state index contributed by atoms with van der Waals surface area (Å²) in [6.07, 6.45) is 3.19. The maximum absolute atomic E-state index is 12.5. The van der Waals surface area contributed by atoms with Crippen molar-refractivity contribution in [3.63, 3.8) is 0 Å². The number of hydrogen-bond acceptors (Lipinski definition) is 7. The van der Waals surface area contributed by atoms with Crippen molar-refractivity contribution in [1.29, 1.82) is 0 Å². The SMILES string of the molecule is O=S(=O)(c1ccccc1)N1CC(c2nc(-c3ncccn3)no2)C1. The molecule has 1 saturated heterocycles. The van der Waals surface area contributed by atoms with Gasteiger partial charge in [-0.2, -0.15) is 9.29 Å². The zero-order chi connectivity index (χ0) is 16.6. The molecule has 0 saturated carbocycles. The fourth-order valence-electron chi connectivity index (χ4n) is 2.44. The highest BCUT2D eigenvalue weighted by Gasteiger charge is 2.40. The summed E-state index contributed by atoms with van der Waals surface area (Å²) >= 11 is 0. The molecule has 1 aliphatic rings. The topological polar surface area (TPSA) is 102 Å². The van der Waals surface area contributed by atoms with Crippen molar-refractivity contribution in [2.24, 2.45) is 0 Å². The number of benzene rings is 1. The quantitative estimate of drug-likeness (QED) is 0.704. The predicted molar refractivity (Wildman–Crippen MR) is 83.3 cm³/mol. The summed E-state index contributed by atoms with van der Waals surface area (Å²) in [7, 11) is -3.47. The van der Waals surface area contributed by atoms with Crippen LogP contribution in [-0.2, 0) is 10.0 Å². The second-order valence-electron chi connectivity index (χ2n) is 5.36. The van der Waals surface area contributed by atoms with E-state index in [0.29, 0.717) is 30.6 Å². The van der Waals surface area contributed by atoms with Crippen LogP contribution in [0.25, 0.3) is 11.6 Å². The van der Waals surface area contributed by atoms with E-state index in [-0.39, 0.29) is 10.8 Å². The average Bonchev–Trinajstić information content (AvgIpc) is 3.04. The molecule has 2 aromatic heterocycles. The largest absolute Gasteiger partial charge is 0.338 e. The highest BCUT2D eigenvalue weighted by molar-refractivity contribution is 7.89. The van der Waals surface area contributed by atoms with Crippen LogP contribution in [0.15, 0.2) is 58.2 Å². The van der Waals surface area contributed by atoms with Crippen LogP contribution in [0, 0.1) is 0 Å². The lowest BCUT2D eigenvalue weighted by Crippen LogP contribution is -2.48. The highest BCUT2D eigenvalue weighted by atomic mass is 32.2. The first-order valence-corrected chi connectivity index (χ1v) is 8.75. The van der Waals surface area contributed by atoms with E-state index in [1.54, 1.807) is 48.8 Å². The van der Waals surface area contributed by atoms with Gasteiger partial charge in [-0.3, -0.25) is 0 Å². The van der Waals surface area contributed by atoms with Crippen molar-refractivity contribution < 1.29 is 12.9 Å². The van der Waals surface area contributed by atoms with E-state index in [1.165, 1.54) is 4.31 Å². The van der Waals surface area contributed by atoms with Crippen molar-refractivity contribution in [2.75, 3.05) is 13.1 Å². The lowest BCUT2D eigenvalue weighted by atomic mass is 10.0. The molecule has 0 N–H and O–H groups in total. The van der Waals surface area contributed by atoms with E-state index in [0.717, 1.165) is 0 Å². The third-order valence-corrected chi connectivity index (χ3v) is 5.63. The minimum absolute atomic E-state index is 0.117. The minimum atomic E-state index is -3.47. The van der Waals surface area contributed by atoms with E-state index in [9.17, 15) is 8.42 Å².